The van der Waals surface area contributed by atoms with Crippen molar-refractivity contribution in [2.75, 3.05) is 65.8 Å². The van der Waals surface area contributed by atoms with Crippen LogP contribution in [0.1, 0.15) is 0 Å². The van der Waals surface area contributed by atoms with E-state index < -0.39 is 0 Å². The molecule has 0 amide bonds. The Labute approximate surface area is 639 Å². The van der Waals surface area contributed by atoms with Crippen molar-refractivity contribution < 1.29 is 26.5 Å². The van der Waals surface area contributed by atoms with Crippen LogP contribution in [0.3, 0.4) is 0 Å². The third-order valence-corrected chi connectivity index (χ3v) is 18.8. The molecule has 22 heterocycles. The van der Waals surface area contributed by atoms with Gasteiger partial charge in [-0.1, -0.05) is 11.3 Å². The zero-order valence-electron chi connectivity index (χ0n) is 61.2. The number of imidazole rings is 2. The van der Waals surface area contributed by atoms with Crippen LogP contribution < -0.4 is 55.2 Å². The smallest absolute Gasteiger partial charge is 0.329 e. The Balaban J connectivity index is 0.0000000990. The minimum absolute atomic E-state index is 0.0826. The number of nitrogen functional groups attached to an aromatic ring is 6. The molecule has 22 aromatic rings. The van der Waals surface area contributed by atoms with Gasteiger partial charge in [0.15, 0.2) is 68.4 Å². The molecule has 22 rings (SSSR count). The maximum Gasteiger partial charge on any atom is 0.329 e. The Kier molecular flexibility index (Phi) is 17.3. The van der Waals surface area contributed by atoms with Gasteiger partial charge in [0.25, 0.3) is 0 Å². The molecule has 0 radical (unpaired) electrons. The average molecular weight is 1550 g/mol. The van der Waals surface area contributed by atoms with Gasteiger partial charge in [0, 0.05) is 68.5 Å². The predicted molar refractivity (Wildman–Crippen MR) is 421 cm³/mol. The average Bonchev–Trinajstić information content (AvgIpc) is 1.59. The van der Waals surface area contributed by atoms with E-state index in [4.69, 9.17) is 60.9 Å². The standard InChI is InChI=1S/C13H12N6O2.2C12H10N6O.C12H9N5O2S.C11H12N6O.C10H10N6O/c1-17-10-8-6-7(9-4-3-5-21-9)16-19(8)12(14)15-11(10)18(2)13(17)20;1-17-11-7(6-14-17)9-5-8(10-3-2-4-19-10)16-18(9)12(13)15-11;1-17-6-14-10-8-5-7(9-3-2-4-19-9)16-18(8)12(13)15-11(10)17;1-16-10-9(20-12(16)18)7-5-6(8-3-2-4-19-8)15-17(7)11(13)14-10;1-16(2)11-13-9-6-7(8-4-3-5-18-8)15-17(9)10(12)14-11;1-12-10-13-8-5-6(7-3-2-4-17-7)15-16(8)9(11)14-10/h3-6H,1-2H3,(H2,14,15);2*2-6H,1H3,(H2,13,15);2-5H,1H3,(H2,13,14);3-6H,1-2H3,(H2,12,13,14);2-5H,1H3,(H3,11,12,13,14). The highest BCUT2D eigenvalue weighted by Crippen LogP contribution is 2.32. The highest BCUT2D eigenvalue weighted by Gasteiger charge is 2.23. The summed E-state index contributed by atoms with van der Waals surface area (Å²) in [7, 11) is 14.2. The Morgan fingerprint density at radius 2 is 0.825 bits per heavy atom. The van der Waals surface area contributed by atoms with E-state index in [2.05, 4.69) is 85.9 Å². The van der Waals surface area contributed by atoms with Crippen LogP contribution in [0.2, 0.25) is 0 Å². The summed E-state index contributed by atoms with van der Waals surface area (Å²) >= 11 is 1.13. The normalized spacial score (nSPS) is 11.4. The molecule has 13 N–H and O–H groups in total. The minimum Gasteiger partial charge on any atom is -0.463 e. The van der Waals surface area contributed by atoms with Gasteiger partial charge in [-0.15, -0.1) is 0 Å². The fourth-order valence-electron chi connectivity index (χ4n) is 12.3. The molecule has 0 saturated heterocycles. The molecule has 0 aliphatic rings. The molecule has 44 heteroatoms. The van der Waals surface area contributed by atoms with E-state index in [1.165, 1.54) is 31.8 Å². The van der Waals surface area contributed by atoms with E-state index in [1.54, 1.807) is 127 Å². The molecule has 0 spiro atoms. The lowest BCUT2D eigenvalue weighted by Crippen LogP contribution is -2.19. The number of hydrogen-bond donors (Lipinski definition) is 7. The van der Waals surface area contributed by atoms with Crippen molar-refractivity contribution in [3.8, 4) is 68.7 Å². The summed E-state index contributed by atoms with van der Waals surface area (Å²) < 4.78 is 49.9. The number of rotatable bonds is 8. The Morgan fingerprint density at radius 1 is 0.421 bits per heavy atom. The summed E-state index contributed by atoms with van der Waals surface area (Å²) in [4.78, 5) is 63.8. The van der Waals surface area contributed by atoms with Crippen LogP contribution in [0, 0.1) is 0 Å². The first-order valence-corrected chi connectivity index (χ1v) is 34.9. The highest BCUT2D eigenvalue weighted by molar-refractivity contribution is 7.17. The van der Waals surface area contributed by atoms with Crippen molar-refractivity contribution >= 4 is 136 Å². The Bertz CT molecular complexity index is 7250. The van der Waals surface area contributed by atoms with Crippen molar-refractivity contribution in [2.24, 2.45) is 35.2 Å². The van der Waals surface area contributed by atoms with E-state index >= 15 is 0 Å². The first-order chi connectivity index (χ1) is 55.1. The van der Waals surface area contributed by atoms with Crippen molar-refractivity contribution in [2.45, 2.75) is 0 Å². The Morgan fingerprint density at radius 3 is 1.32 bits per heavy atom. The van der Waals surface area contributed by atoms with Gasteiger partial charge in [-0.05, 0) is 97.1 Å². The fraction of sp³-hybridized carbons (Fsp3) is 0.114. The van der Waals surface area contributed by atoms with Gasteiger partial charge in [-0.2, -0.15) is 103 Å². The molecule has 0 fully saturated rings. The van der Waals surface area contributed by atoms with Crippen LogP contribution in [-0.2, 0) is 35.2 Å². The van der Waals surface area contributed by atoms with Gasteiger partial charge >= 0.3 is 10.6 Å². The van der Waals surface area contributed by atoms with E-state index in [0.717, 1.165) is 60.5 Å². The van der Waals surface area contributed by atoms with E-state index in [-0.39, 0.29) is 28.4 Å². The van der Waals surface area contributed by atoms with Gasteiger partial charge < -0.3 is 75.7 Å². The second-order valence-electron chi connectivity index (χ2n) is 25.3. The van der Waals surface area contributed by atoms with Crippen LogP contribution in [0.5, 0.6) is 0 Å². The lowest BCUT2D eigenvalue weighted by molar-refractivity contribution is 0.579. The zero-order valence-corrected chi connectivity index (χ0v) is 62.0. The van der Waals surface area contributed by atoms with Gasteiger partial charge in [0.1, 0.15) is 55.4 Å². The maximum atomic E-state index is 12.1. The molecule has 0 unspecified atom stereocenters. The van der Waals surface area contributed by atoms with Crippen LogP contribution >= 0.6 is 11.3 Å². The number of nitrogens with two attached hydrogens (primary N) is 6. The van der Waals surface area contributed by atoms with Gasteiger partial charge in [0.2, 0.25) is 47.6 Å². The molecule has 0 aliphatic carbocycles. The molecule has 0 saturated carbocycles. The number of nitrogens with zero attached hydrogens (tertiary/aromatic N) is 28. The number of thiazole rings is 1. The van der Waals surface area contributed by atoms with Gasteiger partial charge in [0.05, 0.1) is 72.0 Å². The molecule has 114 heavy (non-hydrogen) atoms. The SMILES string of the molecule is CN(C)c1nc(N)n2nc(-c3ccco3)cc2n1.CNc1nc(N)n2nc(-c3ccco3)cc2n1.Cn1c(=O)n(C)c2c1nc(N)n1nc(-c3ccco3)cc21.Cn1c(=O)sc2c1nc(N)n1nc(-c3ccco3)cc21.Cn1cnc2c1nc(N)n1nc(-c3ccco3)cc21.Cn1ncc2c1nc(N)n1nc(-c3ccco3)cc21. The van der Waals surface area contributed by atoms with Crippen molar-refractivity contribution in [3.05, 3.63) is 179 Å². The lowest BCUT2D eigenvalue weighted by atomic mass is 10.3. The summed E-state index contributed by atoms with van der Waals surface area (Å²) in [5.41, 5.74) is 47.7. The second kappa shape index (κ2) is 28.0. The molecular formula is C70H63N35O8S. The number of nitrogens with one attached hydrogen (secondary N) is 1. The molecule has 572 valence electrons. The molecule has 0 atom stereocenters. The Hall–Kier alpha value is -16.4. The summed E-state index contributed by atoms with van der Waals surface area (Å²) in [5, 5.41) is 34.1. The quantitative estimate of drug-likeness (QED) is 0.0790. The van der Waals surface area contributed by atoms with Crippen LogP contribution in [0.4, 0.5) is 47.6 Å². The maximum absolute atomic E-state index is 12.1. The number of hydrogen-bond acceptors (Lipinski definition) is 33. The number of anilines is 8. The molecule has 0 aromatic carbocycles. The first-order valence-electron chi connectivity index (χ1n) is 34.1. The minimum atomic E-state index is -0.161. The largest absolute Gasteiger partial charge is 0.463 e. The topological polar surface area (TPSA) is 542 Å². The van der Waals surface area contributed by atoms with Gasteiger partial charge in [-0.3, -0.25) is 23.2 Å². The monoisotopic (exact) mass is 1550 g/mol. The number of fused-ring (bicyclic) bond motifs is 14. The summed E-state index contributed by atoms with van der Waals surface area (Å²) in [6.07, 6.45) is 13.0. The second-order valence-corrected chi connectivity index (χ2v) is 26.2. The predicted octanol–water partition coefficient (Wildman–Crippen LogP) is 7.20. The van der Waals surface area contributed by atoms with E-state index in [1.807, 2.05) is 112 Å². The van der Waals surface area contributed by atoms with E-state index in [0.29, 0.717) is 126 Å². The van der Waals surface area contributed by atoms with Crippen LogP contribution in [0.25, 0.3) is 146 Å². The molecule has 43 nitrogen and oxygen atoms in total. The number of furan rings is 6. The van der Waals surface area contributed by atoms with Crippen molar-refractivity contribution in [3.63, 3.8) is 0 Å². The van der Waals surface area contributed by atoms with Gasteiger partial charge in [-0.25, -0.2) is 9.78 Å². The molecule has 0 aliphatic heterocycles. The van der Waals surface area contributed by atoms with Crippen molar-refractivity contribution in [1.29, 1.82) is 0 Å². The summed E-state index contributed by atoms with van der Waals surface area (Å²) in [5.74, 6) is 6.67. The van der Waals surface area contributed by atoms with Crippen molar-refractivity contribution in [1.82, 2.24) is 131 Å². The summed E-state index contributed by atoms with van der Waals surface area (Å²) in [6.45, 7) is 0. The molecular weight excluding hydrogens is 1490 g/mol. The third-order valence-electron chi connectivity index (χ3n) is 17.8. The first kappa shape index (κ1) is 70.5. The third kappa shape index (κ3) is 12.5. The number of aromatic nitrogens is 27. The molecule has 0 bridgehead atoms. The fourth-order valence-corrected chi connectivity index (χ4v) is 13.2. The number of aryl methyl sites for hydroxylation is 5. The summed E-state index contributed by atoms with van der Waals surface area (Å²) in [6, 6.07) is 32.9. The van der Waals surface area contributed by atoms with E-state index in [9.17, 15) is 9.59 Å². The van der Waals surface area contributed by atoms with Crippen LogP contribution in [-0.4, -0.2) is 152 Å². The van der Waals surface area contributed by atoms with Crippen LogP contribution in [0.15, 0.2) is 195 Å². The lowest BCUT2D eigenvalue weighted by Gasteiger charge is -2.10. The zero-order chi connectivity index (χ0) is 79.1. The molecule has 22 aromatic heterocycles. The highest BCUT2D eigenvalue weighted by atomic mass is 32.1.